The SMILES string of the molecule is C=C/C=C\C(=C/C)C(=O)NCCC. The van der Waals surface area contributed by atoms with Gasteiger partial charge in [-0.1, -0.05) is 31.7 Å². The third-order valence-corrected chi connectivity index (χ3v) is 1.52. The maximum atomic E-state index is 11.4. The van der Waals surface area contributed by atoms with Crippen molar-refractivity contribution < 1.29 is 4.79 Å². The van der Waals surface area contributed by atoms with Crippen molar-refractivity contribution in [1.82, 2.24) is 5.32 Å². The summed E-state index contributed by atoms with van der Waals surface area (Å²) >= 11 is 0. The van der Waals surface area contributed by atoms with Crippen molar-refractivity contribution >= 4 is 5.91 Å². The molecule has 2 heteroatoms. The van der Waals surface area contributed by atoms with Gasteiger partial charge in [0.25, 0.3) is 5.91 Å². The highest BCUT2D eigenvalue weighted by molar-refractivity contribution is 5.96. The van der Waals surface area contributed by atoms with Crippen LogP contribution in [0.3, 0.4) is 0 Å². The van der Waals surface area contributed by atoms with Gasteiger partial charge >= 0.3 is 0 Å². The van der Waals surface area contributed by atoms with Crippen molar-refractivity contribution in [3.8, 4) is 0 Å². The third-order valence-electron chi connectivity index (χ3n) is 1.52. The molecule has 0 heterocycles. The lowest BCUT2D eigenvalue weighted by atomic mass is 10.2. The molecule has 0 aromatic heterocycles. The zero-order chi connectivity index (χ0) is 10.1. The standard InChI is InChI=1S/C11H17NO/c1-4-7-8-10(6-3)11(13)12-9-5-2/h4,6-8H,1,5,9H2,2-3H3,(H,12,13)/b8-7-,10-6+. The molecule has 0 spiro atoms. The van der Waals surface area contributed by atoms with E-state index in [9.17, 15) is 4.79 Å². The third kappa shape index (κ3) is 5.01. The summed E-state index contributed by atoms with van der Waals surface area (Å²) in [4.78, 5) is 11.4. The minimum atomic E-state index is -0.0255. The first-order chi connectivity index (χ1) is 6.26. The quantitative estimate of drug-likeness (QED) is 0.508. The highest BCUT2D eigenvalue weighted by Gasteiger charge is 2.01. The number of carbonyl (C=O) groups is 1. The zero-order valence-electron chi connectivity index (χ0n) is 8.34. The number of rotatable bonds is 5. The first-order valence-electron chi connectivity index (χ1n) is 4.49. The van der Waals surface area contributed by atoms with Gasteiger partial charge in [-0.05, 0) is 19.4 Å². The van der Waals surface area contributed by atoms with E-state index in [1.54, 1.807) is 24.3 Å². The van der Waals surface area contributed by atoms with E-state index in [-0.39, 0.29) is 5.91 Å². The normalized spacial score (nSPS) is 11.7. The lowest BCUT2D eigenvalue weighted by Crippen LogP contribution is -2.24. The monoisotopic (exact) mass is 179 g/mol. The van der Waals surface area contributed by atoms with Crippen molar-refractivity contribution in [3.05, 3.63) is 36.5 Å². The van der Waals surface area contributed by atoms with Crippen LogP contribution < -0.4 is 5.32 Å². The van der Waals surface area contributed by atoms with Crippen LogP contribution >= 0.6 is 0 Å². The number of carbonyl (C=O) groups excluding carboxylic acids is 1. The van der Waals surface area contributed by atoms with Gasteiger partial charge in [0.1, 0.15) is 0 Å². The summed E-state index contributed by atoms with van der Waals surface area (Å²) in [6, 6.07) is 0. The second-order valence-electron chi connectivity index (χ2n) is 2.59. The van der Waals surface area contributed by atoms with Crippen LogP contribution in [-0.2, 0) is 4.79 Å². The van der Waals surface area contributed by atoms with Crippen LogP contribution in [0, 0.1) is 0 Å². The fraction of sp³-hybridized carbons (Fsp3) is 0.364. The molecule has 0 saturated heterocycles. The summed E-state index contributed by atoms with van der Waals surface area (Å²) in [6.45, 7) is 8.13. The summed E-state index contributed by atoms with van der Waals surface area (Å²) in [7, 11) is 0. The largest absolute Gasteiger partial charge is 0.352 e. The number of allylic oxidation sites excluding steroid dienone is 3. The van der Waals surface area contributed by atoms with E-state index in [0.29, 0.717) is 5.57 Å². The van der Waals surface area contributed by atoms with E-state index in [2.05, 4.69) is 11.9 Å². The van der Waals surface area contributed by atoms with Gasteiger partial charge in [0.05, 0.1) is 0 Å². The second-order valence-corrected chi connectivity index (χ2v) is 2.59. The van der Waals surface area contributed by atoms with Gasteiger partial charge < -0.3 is 5.32 Å². The lowest BCUT2D eigenvalue weighted by Gasteiger charge is -2.02. The van der Waals surface area contributed by atoms with Crippen LogP contribution in [0.4, 0.5) is 0 Å². The molecule has 0 saturated carbocycles. The highest BCUT2D eigenvalue weighted by atomic mass is 16.1. The van der Waals surface area contributed by atoms with Crippen molar-refractivity contribution in [3.63, 3.8) is 0 Å². The van der Waals surface area contributed by atoms with Gasteiger partial charge in [-0.3, -0.25) is 4.79 Å². The minimum absolute atomic E-state index is 0.0255. The molecule has 0 aliphatic carbocycles. The molecule has 72 valence electrons. The summed E-state index contributed by atoms with van der Waals surface area (Å²) in [5.74, 6) is -0.0255. The molecular formula is C11H17NO. The van der Waals surface area contributed by atoms with Crippen molar-refractivity contribution in [2.45, 2.75) is 20.3 Å². The van der Waals surface area contributed by atoms with Crippen LogP contribution in [0.2, 0.25) is 0 Å². The molecule has 2 nitrogen and oxygen atoms in total. The molecule has 0 bridgehead atoms. The van der Waals surface area contributed by atoms with Crippen LogP contribution in [0.1, 0.15) is 20.3 Å². The van der Waals surface area contributed by atoms with Crippen molar-refractivity contribution in [1.29, 1.82) is 0 Å². The summed E-state index contributed by atoms with van der Waals surface area (Å²) in [5, 5.41) is 2.80. The molecule has 0 aliphatic rings. The van der Waals surface area contributed by atoms with E-state index in [4.69, 9.17) is 0 Å². The fourth-order valence-electron chi connectivity index (χ4n) is 0.815. The number of nitrogens with one attached hydrogen (secondary N) is 1. The molecule has 0 fully saturated rings. The van der Waals surface area contributed by atoms with E-state index >= 15 is 0 Å². The van der Waals surface area contributed by atoms with Crippen LogP contribution in [-0.4, -0.2) is 12.5 Å². The van der Waals surface area contributed by atoms with E-state index in [1.807, 2.05) is 13.8 Å². The average molecular weight is 179 g/mol. The molecule has 1 N–H and O–H groups in total. The summed E-state index contributed by atoms with van der Waals surface area (Å²) in [6.07, 6.45) is 7.88. The van der Waals surface area contributed by atoms with E-state index in [1.165, 1.54) is 0 Å². The Morgan fingerprint density at radius 2 is 2.23 bits per heavy atom. The Kier molecular flexibility index (Phi) is 6.60. The molecular weight excluding hydrogens is 162 g/mol. The topological polar surface area (TPSA) is 29.1 Å². The van der Waals surface area contributed by atoms with E-state index in [0.717, 1.165) is 13.0 Å². The number of hydrogen-bond acceptors (Lipinski definition) is 1. The first kappa shape index (κ1) is 11.7. The molecule has 0 aliphatic heterocycles. The van der Waals surface area contributed by atoms with Gasteiger partial charge in [0, 0.05) is 12.1 Å². The summed E-state index contributed by atoms with van der Waals surface area (Å²) in [5.41, 5.74) is 0.674. The predicted octanol–water partition coefficient (Wildman–Crippen LogP) is 2.20. The Morgan fingerprint density at radius 1 is 1.54 bits per heavy atom. The van der Waals surface area contributed by atoms with Gasteiger partial charge in [0.15, 0.2) is 0 Å². The van der Waals surface area contributed by atoms with Crippen LogP contribution in [0.25, 0.3) is 0 Å². The van der Waals surface area contributed by atoms with Gasteiger partial charge in [-0.15, -0.1) is 0 Å². The Balaban J connectivity index is 4.17. The zero-order valence-corrected chi connectivity index (χ0v) is 8.34. The van der Waals surface area contributed by atoms with Gasteiger partial charge in [0.2, 0.25) is 0 Å². The lowest BCUT2D eigenvalue weighted by molar-refractivity contribution is -0.117. The maximum absolute atomic E-state index is 11.4. The first-order valence-corrected chi connectivity index (χ1v) is 4.49. The van der Waals surface area contributed by atoms with Crippen molar-refractivity contribution in [2.24, 2.45) is 0 Å². The Labute approximate surface area is 80.0 Å². The Bertz CT molecular complexity index is 226. The maximum Gasteiger partial charge on any atom is 0.250 e. The molecule has 0 aromatic carbocycles. The van der Waals surface area contributed by atoms with Crippen LogP contribution in [0.15, 0.2) is 36.5 Å². The molecule has 0 rings (SSSR count). The molecule has 1 amide bonds. The molecule has 0 aromatic rings. The Hall–Kier alpha value is -1.31. The molecule has 0 radical (unpaired) electrons. The predicted molar refractivity (Wildman–Crippen MR) is 56.4 cm³/mol. The molecule has 0 unspecified atom stereocenters. The van der Waals surface area contributed by atoms with Crippen LogP contribution in [0.5, 0.6) is 0 Å². The number of hydrogen-bond donors (Lipinski definition) is 1. The molecule has 0 atom stereocenters. The minimum Gasteiger partial charge on any atom is -0.352 e. The fourth-order valence-corrected chi connectivity index (χ4v) is 0.815. The van der Waals surface area contributed by atoms with Gasteiger partial charge in [-0.2, -0.15) is 0 Å². The Morgan fingerprint density at radius 3 is 2.69 bits per heavy atom. The summed E-state index contributed by atoms with van der Waals surface area (Å²) < 4.78 is 0. The second kappa shape index (κ2) is 7.35. The van der Waals surface area contributed by atoms with E-state index < -0.39 is 0 Å². The highest BCUT2D eigenvalue weighted by Crippen LogP contribution is 1.96. The smallest absolute Gasteiger partial charge is 0.250 e. The number of amides is 1. The van der Waals surface area contributed by atoms with Crippen molar-refractivity contribution in [2.75, 3.05) is 6.54 Å². The molecule has 13 heavy (non-hydrogen) atoms. The average Bonchev–Trinajstić information content (AvgIpc) is 2.16. The van der Waals surface area contributed by atoms with Gasteiger partial charge in [-0.25, -0.2) is 0 Å².